The van der Waals surface area contributed by atoms with E-state index >= 15 is 0 Å². The summed E-state index contributed by atoms with van der Waals surface area (Å²) in [6, 6.07) is 10.3. The standard InChI is InChI=1S/C14H14N2O2/c1-2-18-11-7-5-10(6-8-11)14(17)13-12(15)4-3-9-16-13/h3-9H,2,15H2,1H3. The summed E-state index contributed by atoms with van der Waals surface area (Å²) in [4.78, 5) is 16.2. The molecule has 1 aromatic heterocycles. The number of nitrogens with zero attached hydrogens (tertiary/aromatic N) is 1. The van der Waals surface area contributed by atoms with Gasteiger partial charge in [0.25, 0.3) is 0 Å². The van der Waals surface area contributed by atoms with E-state index in [1.807, 2.05) is 6.92 Å². The fourth-order valence-electron chi connectivity index (χ4n) is 1.61. The molecule has 0 spiro atoms. The first-order chi connectivity index (χ1) is 8.72. The van der Waals surface area contributed by atoms with Crippen LogP contribution in [-0.4, -0.2) is 17.4 Å². The van der Waals surface area contributed by atoms with Gasteiger partial charge in [0, 0.05) is 11.8 Å². The van der Waals surface area contributed by atoms with Crippen LogP contribution < -0.4 is 10.5 Å². The molecular formula is C14H14N2O2. The molecule has 0 aliphatic carbocycles. The normalized spacial score (nSPS) is 10.1. The van der Waals surface area contributed by atoms with Gasteiger partial charge >= 0.3 is 0 Å². The van der Waals surface area contributed by atoms with Gasteiger partial charge in [-0.3, -0.25) is 9.78 Å². The third-order valence-electron chi connectivity index (χ3n) is 2.48. The number of nitrogens with two attached hydrogens (primary N) is 1. The first-order valence-electron chi connectivity index (χ1n) is 5.70. The molecule has 2 N–H and O–H groups in total. The van der Waals surface area contributed by atoms with Gasteiger partial charge in [-0.15, -0.1) is 0 Å². The maximum Gasteiger partial charge on any atom is 0.213 e. The smallest absolute Gasteiger partial charge is 0.213 e. The number of ketones is 1. The van der Waals surface area contributed by atoms with Crippen LogP contribution in [0.15, 0.2) is 42.6 Å². The van der Waals surface area contributed by atoms with Crippen molar-refractivity contribution in [3.8, 4) is 5.75 Å². The van der Waals surface area contributed by atoms with Gasteiger partial charge < -0.3 is 10.5 Å². The maximum absolute atomic E-state index is 12.2. The Kier molecular flexibility index (Phi) is 3.57. The van der Waals surface area contributed by atoms with E-state index in [1.165, 1.54) is 0 Å². The Bertz CT molecular complexity index is 550. The molecule has 18 heavy (non-hydrogen) atoms. The highest BCUT2D eigenvalue weighted by atomic mass is 16.5. The number of pyridine rings is 1. The van der Waals surface area contributed by atoms with Gasteiger partial charge in [0.05, 0.1) is 12.3 Å². The van der Waals surface area contributed by atoms with Crippen LogP contribution in [0.1, 0.15) is 23.0 Å². The molecule has 0 fully saturated rings. The van der Waals surface area contributed by atoms with E-state index in [2.05, 4.69) is 4.98 Å². The number of aromatic nitrogens is 1. The van der Waals surface area contributed by atoms with Crippen LogP contribution in [0.25, 0.3) is 0 Å². The first kappa shape index (κ1) is 12.1. The van der Waals surface area contributed by atoms with E-state index < -0.39 is 0 Å². The molecule has 0 saturated heterocycles. The molecule has 0 radical (unpaired) electrons. The number of carbonyl (C=O) groups is 1. The second kappa shape index (κ2) is 5.31. The van der Waals surface area contributed by atoms with E-state index in [1.54, 1.807) is 42.6 Å². The lowest BCUT2D eigenvalue weighted by atomic mass is 10.1. The molecular weight excluding hydrogens is 228 g/mol. The van der Waals surface area contributed by atoms with Crippen LogP contribution in [0, 0.1) is 0 Å². The summed E-state index contributed by atoms with van der Waals surface area (Å²) in [5.74, 6) is 0.555. The molecule has 0 unspecified atom stereocenters. The fraction of sp³-hybridized carbons (Fsp3) is 0.143. The second-order valence-corrected chi connectivity index (χ2v) is 3.73. The molecule has 0 amide bonds. The van der Waals surface area contributed by atoms with Crippen LogP contribution in [0.5, 0.6) is 5.75 Å². The largest absolute Gasteiger partial charge is 0.494 e. The van der Waals surface area contributed by atoms with Gasteiger partial charge in [-0.25, -0.2) is 0 Å². The number of hydrogen-bond donors (Lipinski definition) is 1. The van der Waals surface area contributed by atoms with Gasteiger partial charge in [0.2, 0.25) is 5.78 Å². The number of anilines is 1. The van der Waals surface area contributed by atoms with Gasteiger partial charge in [-0.1, -0.05) is 0 Å². The molecule has 0 aliphatic rings. The predicted molar refractivity (Wildman–Crippen MR) is 69.7 cm³/mol. The Hall–Kier alpha value is -2.36. The van der Waals surface area contributed by atoms with Crippen LogP contribution in [0.3, 0.4) is 0 Å². The summed E-state index contributed by atoms with van der Waals surface area (Å²) in [6.45, 7) is 2.51. The van der Waals surface area contributed by atoms with Crippen molar-refractivity contribution in [1.29, 1.82) is 0 Å². The average Bonchev–Trinajstić information content (AvgIpc) is 2.40. The van der Waals surface area contributed by atoms with Crippen molar-refractivity contribution in [2.24, 2.45) is 0 Å². The minimum absolute atomic E-state index is 0.184. The zero-order valence-electron chi connectivity index (χ0n) is 10.1. The lowest BCUT2D eigenvalue weighted by Gasteiger charge is -2.05. The molecule has 4 nitrogen and oxygen atoms in total. The lowest BCUT2D eigenvalue weighted by Crippen LogP contribution is -2.07. The number of nitrogen functional groups attached to an aromatic ring is 1. The van der Waals surface area contributed by atoms with Crippen LogP contribution in [0.2, 0.25) is 0 Å². The maximum atomic E-state index is 12.2. The molecule has 0 bridgehead atoms. The van der Waals surface area contributed by atoms with Gasteiger partial charge in [0.1, 0.15) is 11.4 Å². The molecule has 92 valence electrons. The molecule has 1 heterocycles. The van der Waals surface area contributed by atoms with Gasteiger partial charge in [-0.05, 0) is 43.3 Å². The minimum Gasteiger partial charge on any atom is -0.494 e. The quantitative estimate of drug-likeness (QED) is 0.835. The Morgan fingerprint density at radius 3 is 2.61 bits per heavy atom. The zero-order chi connectivity index (χ0) is 13.0. The number of rotatable bonds is 4. The highest BCUT2D eigenvalue weighted by Crippen LogP contribution is 2.17. The van der Waals surface area contributed by atoms with Crippen molar-refractivity contribution >= 4 is 11.5 Å². The molecule has 2 rings (SSSR count). The highest BCUT2D eigenvalue weighted by Gasteiger charge is 2.13. The number of benzene rings is 1. The van der Waals surface area contributed by atoms with Gasteiger partial charge in [0.15, 0.2) is 0 Å². The lowest BCUT2D eigenvalue weighted by molar-refractivity contribution is 0.103. The van der Waals surface area contributed by atoms with Gasteiger partial charge in [-0.2, -0.15) is 0 Å². The molecule has 0 atom stereocenters. The summed E-state index contributed by atoms with van der Waals surface area (Å²) < 4.78 is 5.32. The average molecular weight is 242 g/mol. The Balaban J connectivity index is 2.27. The molecule has 4 heteroatoms. The summed E-state index contributed by atoms with van der Waals surface area (Å²) in [6.07, 6.45) is 1.55. The molecule has 2 aromatic rings. The molecule has 0 saturated carbocycles. The summed E-state index contributed by atoms with van der Waals surface area (Å²) in [7, 11) is 0. The van der Waals surface area contributed by atoms with E-state index in [4.69, 9.17) is 10.5 Å². The SMILES string of the molecule is CCOc1ccc(C(=O)c2ncccc2N)cc1. The third kappa shape index (κ3) is 2.48. The zero-order valence-corrected chi connectivity index (χ0v) is 10.1. The van der Waals surface area contributed by atoms with Crippen molar-refractivity contribution in [3.63, 3.8) is 0 Å². The van der Waals surface area contributed by atoms with E-state index in [0.717, 1.165) is 5.75 Å². The van der Waals surface area contributed by atoms with Crippen LogP contribution in [0.4, 0.5) is 5.69 Å². The van der Waals surface area contributed by atoms with Crippen LogP contribution in [-0.2, 0) is 0 Å². The topological polar surface area (TPSA) is 65.2 Å². The van der Waals surface area contributed by atoms with E-state index in [-0.39, 0.29) is 11.5 Å². The Morgan fingerprint density at radius 1 is 1.28 bits per heavy atom. The number of hydrogen-bond acceptors (Lipinski definition) is 4. The van der Waals surface area contributed by atoms with E-state index in [9.17, 15) is 4.79 Å². The monoisotopic (exact) mass is 242 g/mol. The van der Waals surface area contributed by atoms with Crippen molar-refractivity contribution < 1.29 is 9.53 Å². The van der Waals surface area contributed by atoms with Crippen LogP contribution >= 0.6 is 0 Å². The first-order valence-corrected chi connectivity index (χ1v) is 5.70. The van der Waals surface area contributed by atoms with Crippen molar-refractivity contribution in [2.75, 3.05) is 12.3 Å². The second-order valence-electron chi connectivity index (χ2n) is 3.73. The van der Waals surface area contributed by atoms with Crippen molar-refractivity contribution in [2.45, 2.75) is 6.92 Å². The Labute approximate surface area is 105 Å². The third-order valence-corrected chi connectivity index (χ3v) is 2.48. The highest BCUT2D eigenvalue weighted by molar-refractivity contribution is 6.10. The fourth-order valence-corrected chi connectivity index (χ4v) is 1.61. The van der Waals surface area contributed by atoms with E-state index in [0.29, 0.717) is 17.9 Å². The minimum atomic E-state index is -0.184. The summed E-state index contributed by atoms with van der Waals surface area (Å²) >= 11 is 0. The summed E-state index contributed by atoms with van der Waals surface area (Å²) in [5.41, 5.74) is 6.94. The van der Waals surface area contributed by atoms with Crippen molar-refractivity contribution in [3.05, 3.63) is 53.9 Å². The number of carbonyl (C=O) groups excluding carboxylic acids is 1. The summed E-state index contributed by atoms with van der Waals surface area (Å²) in [5, 5.41) is 0. The van der Waals surface area contributed by atoms with Crippen molar-refractivity contribution in [1.82, 2.24) is 4.98 Å². The number of ether oxygens (including phenoxy) is 1. The molecule has 1 aromatic carbocycles. The molecule has 0 aliphatic heterocycles. The Morgan fingerprint density at radius 2 is 2.00 bits per heavy atom. The predicted octanol–water partition coefficient (Wildman–Crippen LogP) is 2.29.